The monoisotopic (exact) mass is 289 g/mol. The summed E-state index contributed by atoms with van der Waals surface area (Å²) in [6, 6.07) is 5.32. The number of halogens is 1. The molecule has 1 fully saturated rings. The Morgan fingerprint density at radius 3 is 2.37 bits per heavy atom. The number of hydrogen-bond acceptors (Lipinski definition) is 5. The van der Waals surface area contributed by atoms with Crippen molar-refractivity contribution in [2.45, 2.75) is 6.92 Å². The van der Waals surface area contributed by atoms with Crippen molar-refractivity contribution in [1.29, 1.82) is 0 Å². The molecule has 1 saturated heterocycles. The quantitative estimate of drug-likeness (QED) is 0.844. The fourth-order valence-corrected chi connectivity index (χ4v) is 1.87. The molecule has 1 aromatic rings. The molecule has 0 aliphatic carbocycles. The maximum Gasteiger partial charge on any atom is 0.488 e. The van der Waals surface area contributed by atoms with Crippen LogP contribution in [0.15, 0.2) is 24.3 Å². The van der Waals surface area contributed by atoms with E-state index < -0.39 is 15.9 Å². The van der Waals surface area contributed by atoms with Crippen molar-refractivity contribution in [2.24, 2.45) is 5.41 Å². The molecule has 1 N–H and O–H groups in total. The Labute approximate surface area is 109 Å². The second-order valence-electron chi connectivity index (χ2n) is 4.51. The third kappa shape index (κ3) is 3.42. The predicted molar refractivity (Wildman–Crippen MR) is 64.7 cm³/mol. The summed E-state index contributed by atoms with van der Waals surface area (Å²) in [4.78, 5) is 11.9. The van der Waals surface area contributed by atoms with E-state index in [0.29, 0.717) is 18.9 Å². The highest BCUT2D eigenvalue weighted by Gasteiger charge is 2.41. The van der Waals surface area contributed by atoms with E-state index in [2.05, 4.69) is 9.50 Å². The number of benzene rings is 1. The molecule has 1 heterocycles. The zero-order chi connectivity index (χ0) is 14.1. The maximum atomic E-state index is 12.3. The van der Waals surface area contributed by atoms with Crippen LogP contribution < -0.4 is 9.50 Å². The van der Waals surface area contributed by atoms with Gasteiger partial charge in [0.2, 0.25) is 5.91 Å². The molecular weight excluding hydrogens is 277 g/mol. The van der Waals surface area contributed by atoms with E-state index in [1.165, 1.54) is 24.3 Å². The predicted octanol–water partition coefficient (Wildman–Crippen LogP) is 1.25. The molecule has 6 nitrogen and oxygen atoms in total. The molecule has 8 heteroatoms. The molecule has 0 radical (unpaired) electrons. The number of ether oxygens (including phenoxy) is 1. The number of nitrogens with one attached hydrogen (secondary N) is 1. The lowest BCUT2D eigenvalue weighted by molar-refractivity contribution is -0.151. The molecule has 1 aromatic carbocycles. The first-order valence-corrected chi connectivity index (χ1v) is 6.73. The van der Waals surface area contributed by atoms with Gasteiger partial charge in [-0.3, -0.25) is 4.79 Å². The lowest BCUT2D eigenvalue weighted by Gasteiger charge is -2.36. The van der Waals surface area contributed by atoms with Gasteiger partial charge in [0.05, 0.1) is 18.6 Å². The second kappa shape index (κ2) is 4.78. The Morgan fingerprint density at radius 1 is 1.37 bits per heavy atom. The van der Waals surface area contributed by atoms with Crippen molar-refractivity contribution in [1.82, 2.24) is 0 Å². The average molecular weight is 289 g/mol. The molecule has 2 rings (SSSR count). The molecule has 19 heavy (non-hydrogen) atoms. The topological polar surface area (TPSA) is 81.7 Å². The van der Waals surface area contributed by atoms with Gasteiger partial charge in [0, 0.05) is 5.69 Å². The number of carbonyl (C=O) groups excluding carboxylic acids is 1. The third-order valence-electron chi connectivity index (χ3n) is 2.70. The lowest BCUT2D eigenvalue weighted by atomic mass is 9.87. The van der Waals surface area contributed by atoms with Crippen LogP contribution in [-0.4, -0.2) is 27.5 Å². The minimum Gasteiger partial charge on any atom is -0.379 e. The molecule has 0 bridgehead atoms. The summed E-state index contributed by atoms with van der Waals surface area (Å²) in [5, 5.41) is 2.66. The van der Waals surface area contributed by atoms with E-state index in [1.54, 1.807) is 6.92 Å². The zero-order valence-corrected chi connectivity index (χ0v) is 10.9. The highest BCUT2D eigenvalue weighted by Crippen LogP contribution is 2.28. The van der Waals surface area contributed by atoms with Crippen molar-refractivity contribution in [2.75, 3.05) is 18.5 Å². The summed E-state index contributed by atoms with van der Waals surface area (Å²) >= 11 is 0. The third-order valence-corrected chi connectivity index (χ3v) is 3.09. The zero-order valence-electron chi connectivity index (χ0n) is 10.1. The van der Waals surface area contributed by atoms with E-state index in [4.69, 9.17) is 4.74 Å². The van der Waals surface area contributed by atoms with Crippen LogP contribution in [0.1, 0.15) is 6.92 Å². The molecule has 104 valence electrons. The van der Waals surface area contributed by atoms with E-state index in [0.717, 1.165) is 0 Å². The van der Waals surface area contributed by atoms with Crippen LogP contribution in [0.2, 0.25) is 0 Å². The van der Waals surface area contributed by atoms with Gasteiger partial charge in [0.25, 0.3) is 0 Å². The highest BCUT2D eigenvalue weighted by molar-refractivity contribution is 7.81. The molecule has 1 amide bonds. The van der Waals surface area contributed by atoms with Crippen molar-refractivity contribution in [3.8, 4) is 5.75 Å². The van der Waals surface area contributed by atoms with Crippen LogP contribution in [0.3, 0.4) is 0 Å². The fourth-order valence-electron chi connectivity index (χ4n) is 1.53. The lowest BCUT2D eigenvalue weighted by Crippen LogP contribution is -2.49. The number of anilines is 1. The van der Waals surface area contributed by atoms with Gasteiger partial charge in [-0.25, -0.2) is 0 Å². The van der Waals surface area contributed by atoms with Crippen molar-refractivity contribution in [3.63, 3.8) is 0 Å². The normalized spacial score (nSPS) is 17.4. The Bertz CT molecular complexity index is 580. The molecular formula is C11H12FNO5S. The van der Waals surface area contributed by atoms with Crippen LogP contribution in [0, 0.1) is 5.41 Å². The van der Waals surface area contributed by atoms with E-state index in [9.17, 15) is 17.1 Å². The fraction of sp³-hybridized carbons (Fsp3) is 0.364. The van der Waals surface area contributed by atoms with Crippen molar-refractivity contribution < 1.29 is 26.0 Å². The summed E-state index contributed by atoms with van der Waals surface area (Å²) in [5.74, 6) is -0.357. The average Bonchev–Trinajstić information content (AvgIpc) is 2.26. The standard InChI is InChI=1S/C11H12FNO5S/c1-11(6-17-7-11)10(14)13-8-2-4-9(5-3-8)18-19(12,15)16/h2-5H,6-7H2,1H3,(H,13,14). The van der Waals surface area contributed by atoms with E-state index >= 15 is 0 Å². The molecule has 1 aliphatic heterocycles. The smallest absolute Gasteiger partial charge is 0.379 e. The number of amides is 1. The Kier molecular flexibility index (Phi) is 3.46. The summed E-state index contributed by atoms with van der Waals surface area (Å²) < 4.78 is 41.8. The molecule has 1 aliphatic rings. The Hall–Kier alpha value is -1.67. The van der Waals surface area contributed by atoms with Gasteiger partial charge in [-0.2, -0.15) is 8.42 Å². The summed E-state index contributed by atoms with van der Waals surface area (Å²) in [6.45, 7) is 2.50. The number of hydrogen-bond donors (Lipinski definition) is 1. The molecule has 0 saturated carbocycles. The first-order valence-electron chi connectivity index (χ1n) is 5.42. The summed E-state index contributed by atoms with van der Waals surface area (Å²) in [5.41, 5.74) is -0.0843. The summed E-state index contributed by atoms with van der Waals surface area (Å²) in [7, 11) is -5.04. The minimum absolute atomic E-state index is 0.168. The maximum absolute atomic E-state index is 12.3. The molecule has 0 aromatic heterocycles. The Balaban J connectivity index is 2.01. The Morgan fingerprint density at radius 2 is 1.95 bits per heavy atom. The van der Waals surface area contributed by atoms with Crippen LogP contribution in [0.4, 0.5) is 9.57 Å². The second-order valence-corrected chi connectivity index (χ2v) is 5.46. The van der Waals surface area contributed by atoms with Crippen molar-refractivity contribution >= 4 is 22.1 Å². The number of carbonyl (C=O) groups is 1. The highest BCUT2D eigenvalue weighted by atomic mass is 32.3. The van der Waals surface area contributed by atoms with E-state index in [1.807, 2.05) is 0 Å². The largest absolute Gasteiger partial charge is 0.488 e. The van der Waals surface area contributed by atoms with Crippen LogP contribution in [0.5, 0.6) is 5.75 Å². The summed E-state index contributed by atoms with van der Waals surface area (Å²) in [6.07, 6.45) is 0. The van der Waals surface area contributed by atoms with Crippen LogP contribution in [0.25, 0.3) is 0 Å². The van der Waals surface area contributed by atoms with Crippen LogP contribution >= 0.6 is 0 Å². The van der Waals surface area contributed by atoms with Gasteiger partial charge in [0.15, 0.2) is 0 Å². The first kappa shape index (κ1) is 13.8. The van der Waals surface area contributed by atoms with Gasteiger partial charge in [0.1, 0.15) is 5.75 Å². The molecule has 0 unspecified atom stereocenters. The number of rotatable bonds is 4. The van der Waals surface area contributed by atoms with Gasteiger partial charge >= 0.3 is 10.5 Å². The SMILES string of the molecule is CC1(C(=O)Nc2ccc(OS(=O)(=O)F)cc2)COC1. The van der Waals surface area contributed by atoms with Gasteiger partial charge in [-0.05, 0) is 31.2 Å². The molecule has 0 atom stereocenters. The molecule has 0 spiro atoms. The minimum atomic E-state index is -5.04. The van der Waals surface area contributed by atoms with E-state index in [-0.39, 0.29) is 11.7 Å². The van der Waals surface area contributed by atoms with Crippen molar-refractivity contribution in [3.05, 3.63) is 24.3 Å². The van der Waals surface area contributed by atoms with Crippen LogP contribution in [-0.2, 0) is 20.0 Å². The first-order chi connectivity index (χ1) is 8.78. The van der Waals surface area contributed by atoms with Gasteiger partial charge in [-0.1, -0.05) is 3.89 Å². The van der Waals surface area contributed by atoms with Gasteiger partial charge in [-0.15, -0.1) is 0 Å². The van der Waals surface area contributed by atoms with Gasteiger partial charge < -0.3 is 14.2 Å².